The lowest BCUT2D eigenvalue weighted by atomic mass is 9.80. The third-order valence-corrected chi connectivity index (χ3v) is 5.51. The van der Waals surface area contributed by atoms with Gasteiger partial charge in [0.1, 0.15) is 0 Å². The van der Waals surface area contributed by atoms with Gasteiger partial charge in [-0.2, -0.15) is 5.10 Å². The summed E-state index contributed by atoms with van der Waals surface area (Å²) in [5.74, 6) is 1.01. The Morgan fingerprint density at radius 1 is 1.04 bits per heavy atom. The predicted molar refractivity (Wildman–Crippen MR) is 105 cm³/mol. The Hall–Kier alpha value is -3.21. The number of aromatic nitrogens is 4. The quantitative estimate of drug-likeness (QED) is 0.583. The second-order valence-electron chi connectivity index (χ2n) is 7.28. The number of benzene rings is 2. The number of rotatable bonds is 2. The van der Waals surface area contributed by atoms with Crippen molar-refractivity contribution in [3.05, 3.63) is 76.6 Å². The normalized spacial score (nSPS) is 16.7. The van der Waals surface area contributed by atoms with Crippen molar-refractivity contribution < 1.29 is 4.79 Å². The first-order chi connectivity index (χ1) is 13.1. The Kier molecular flexibility index (Phi) is 3.50. The van der Waals surface area contributed by atoms with Crippen LogP contribution < -0.4 is 0 Å². The molecule has 0 saturated carbocycles. The van der Waals surface area contributed by atoms with Gasteiger partial charge >= 0.3 is 0 Å². The van der Waals surface area contributed by atoms with Gasteiger partial charge < -0.3 is 4.98 Å². The Morgan fingerprint density at radius 2 is 1.81 bits per heavy atom. The summed E-state index contributed by atoms with van der Waals surface area (Å²) in [6.45, 7) is 4.01. The molecule has 0 radical (unpaired) electrons. The molecule has 0 amide bonds. The number of nitrogens with zero attached hydrogens (tertiary/aromatic N) is 3. The van der Waals surface area contributed by atoms with E-state index in [9.17, 15) is 4.79 Å². The molecular formula is C22H20N4O. The lowest BCUT2D eigenvalue weighted by Crippen LogP contribution is -2.21. The van der Waals surface area contributed by atoms with Crippen LogP contribution in [0.25, 0.3) is 17.0 Å². The van der Waals surface area contributed by atoms with Crippen LogP contribution >= 0.6 is 0 Å². The molecule has 1 N–H and O–H groups in total. The van der Waals surface area contributed by atoms with Crippen molar-refractivity contribution in [2.45, 2.75) is 32.6 Å². The average Bonchev–Trinajstić information content (AvgIpc) is 3.23. The number of fused-ring (bicyclic) bond motifs is 2. The van der Waals surface area contributed by atoms with E-state index in [-0.39, 0.29) is 11.7 Å². The zero-order valence-electron chi connectivity index (χ0n) is 15.4. The summed E-state index contributed by atoms with van der Waals surface area (Å²) in [4.78, 5) is 20.9. The van der Waals surface area contributed by atoms with Gasteiger partial charge in [-0.1, -0.05) is 36.4 Å². The zero-order chi connectivity index (χ0) is 18.5. The number of carbonyl (C=O) groups excluding carboxylic acids is 1. The number of Topliss-reactive ketones (excluding diaryl/α,β-unsaturated/α-hetero) is 1. The van der Waals surface area contributed by atoms with Gasteiger partial charge in [-0.25, -0.2) is 9.67 Å². The second-order valence-corrected chi connectivity index (χ2v) is 7.28. The van der Waals surface area contributed by atoms with Crippen LogP contribution in [-0.2, 0) is 6.42 Å². The number of para-hydroxylation sites is 2. The summed E-state index contributed by atoms with van der Waals surface area (Å²) >= 11 is 0. The van der Waals surface area contributed by atoms with Crippen LogP contribution in [-0.4, -0.2) is 25.5 Å². The molecular weight excluding hydrogens is 336 g/mol. The molecule has 0 fully saturated rings. The highest BCUT2D eigenvalue weighted by molar-refractivity contribution is 6.00. The number of hydrogen-bond donors (Lipinski definition) is 1. The highest BCUT2D eigenvalue weighted by Gasteiger charge is 2.33. The fourth-order valence-corrected chi connectivity index (χ4v) is 4.24. The molecule has 1 atom stereocenters. The molecule has 1 aliphatic rings. The van der Waals surface area contributed by atoms with Crippen molar-refractivity contribution in [2.75, 3.05) is 0 Å². The van der Waals surface area contributed by atoms with Crippen molar-refractivity contribution in [1.82, 2.24) is 19.7 Å². The number of hydrogen-bond acceptors (Lipinski definition) is 3. The first-order valence-electron chi connectivity index (χ1n) is 9.24. The minimum atomic E-state index is 0.171. The van der Waals surface area contributed by atoms with E-state index in [1.165, 1.54) is 11.1 Å². The molecule has 27 heavy (non-hydrogen) atoms. The maximum absolute atomic E-state index is 12.9. The Labute approximate surface area is 157 Å². The number of aryl methyl sites for hydroxylation is 2. The molecule has 0 saturated heterocycles. The third kappa shape index (κ3) is 2.50. The number of imidazole rings is 1. The monoisotopic (exact) mass is 356 g/mol. The first-order valence-corrected chi connectivity index (χ1v) is 9.24. The molecule has 0 bridgehead atoms. The van der Waals surface area contributed by atoms with Gasteiger partial charge in [0.25, 0.3) is 0 Å². The summed E-state index contributed by atoms with van der Waals surface area (Å²) in [7, 11) is 0. The van der Waals surface area contributed by atoms with Crippen LogP contribution in [0, 0.1) is 13.8 Å². The van der Waals surface area contributed by atoms with Crippen molar-refractivity contribution in [1.29, 1.82) is 0 Å². The minimum absolute atomic E-state index is 0.171. The van der Waals surface area contributed by atoms with E-state index in [1.54, 1.807) is 0 Å². The van der Waals surface area contributed by atoms with E-state index in [2.05, 4.69) is 34.1 Å². The van der Waals surface area contributed by atoms with Crippen LogP contribution in [0.5, 0.6) is 0 Å². The highest BCUT2D eigenvalue weighted by Crippen LogP contribution is 2.36. The molecule has 5 rings (SSSR count). The van der Waals surface area contributed by atoms with E-state index < -0.39 is 0 Å². The Balaban J connectivity index is 1.64. The molecule has 134 valence electrons. The van der Waals surface area contributed by atoms with Crippen LogP contribution in [0.1, 0.15) is 45.2 Å². The van der Waals surface area contributed by atoms with Crippen LogP contribution in [0.3, 0.4) is 0 Å². The van der Waals surface area contributed by atoms with E-state index >= 15 is 0 Å². The third-order valence-electron chi connectivity index (χ3n) is 5.51. The van der Waals surface area contributed by atoms with E-state index in [0.29, 0.717) is 12.4 Å². The van der Waals surface area contributed by atoms with Gasteiger partial charge in [-0.05, 0) is 49.4 Å². The molecule has 2 aromatic heterocycles. The van der Waals surface area contributed by atoms with Crippen LogP contribution in [0.2, 0.25) is 0 Å². The molecule has 0 aliphatic heterocycles. The Morgan fingerprint density at radius 3 is 2.63 bits per heavy atom. The van der Waals surface area contributed by atoms with Gasteiger partial charge in [0.05, 0.1) is 28.0 Å². The summed E-state index contributed by atoms with van der Waals surface area (Å²) in [5.41, 5.74) is 6.82. The highest BCUT2D eigenvalue weighted by atomic mass is 16.1. The smallest absolute Gasteiger partial charge is 0.229 e. The average molecular weight is 356 g/mol. The number of H-pyrrole nitrogens is 1. The number of aromatic amines is 1. The van der Waals surface area contributed by atoms with Crippen LogP contribution in [0.4, 0.5) is 0 Å². The standard InChI is InChI=1S/C22H20N4O/c1-13-7-3-4-8-16(13)15-11-19-21(20(27)12-15)14(2)25-26(19)22-23-17-9-5-6-10-18(17)24-22/h3-10,15H,11-12H2,1-2H3,(H,23,24). The maximum atomic E-state index is 12.9. The van der Waals surface area contributed by atoms with Crippen molar-refractivity contribution in [2.24, 2.45) is 0 Å². The molecule has 2 heterocycles. The lowest BCUT2D eigenvalue weighted by Gasteiger charge is -2.24. The van der Waals surface area contributed by atoms with Crippen LogP contribution in [0.15, 0.2) is 48.5 Å². The van der Waals surface area contributed by atoms with Crippen molar-refractivity contribution in [3.63, 3.8) is 0 Å². The summed E-state index contributed by atoms with van der Waals surface area (Å²) in [5, 5.41) is 4.66. The molecule has 1 unspecified atom stereocenters. The molecule has 2 aromatic carbocycles. The fourth-order valence-electron chi connectivity index (χ4n) is 4.24. The van der Waals surface area contributed by atoms with Gasteiger partial charge in [0.15, 0.2) is 5.78 Å². The SMILES string of the molecule is Cc1ccccc1C1CC(=O)c2c(C)nn(-c3nc4ccccc4[nH]3)c2C1. The van der Waals surface area contributed by atoms with Gasteiger partial charge in [-0.15, -0.1) is 0 Å². The number of ketones is 1. The van der Waals surface area contributed by atoms with Gasteiger partial charge in [0.2, 0.25) is 5.95 Å². The minimum Gasteiger partial charge on any atom is -0.322 e. The van der Waals surface area contributed by atoms with Crippen molar-refractivity contribution >= 4 is 16.8 Å². The second kappa shape index (κ2) is 5.91. The van der Waals surface area contributed by atoms with Gasteiger partial charge in [-0.3, -0.25) is 4.79 Å². The maximum Gasteiger partial charge on any atom is 0.229 e. The first kappa shape index (κ1) is 16.0. The predicted octanol–water partition coefficient (Wildman–Crippen LogP) is 4.28. The Bertz CT molecular complexity index is 1150. The largest absolute Gasteiger partial charge is 0.322 e. The molecule has 5 nitrogen and oxygen atoms in total. The molecule has 5 heteroatoms. The topological polar surface area (TPSA) is 63.6 Å². The summed E-state index contributed by atoms with van der Waals surface area (Å²) < 4.78 is 1.83. The molecule has 1 aliphatic carbocycles. The number of nitrogens with one attached hydrogen (secondary N) is 1. The molecule has 4 aromatic rings. The lowest BCUT2D eigenvalue weighted by molar-refractivity contribution is 0.0963. The fraction of sp³-hybridized carbons (Fsp3) is 0.227. The molecule has 0 spiro atoms. The summed E-state index contributed by atoms with van der Waals surface area (Å²) in [6, 6.07) is 16.2. The van der Waals surface area contributed by atoms with E-state index in [0.717, 1.165) is 34.4 Å². The zero-order valence-corrected chi connectivity index (χ0v) is 15.4. The van der Waals surface area contributed by atoms with E-state index in [1.807, 2.05) is 48.0 Å². The van der Waals surface area contributed by atoms with Crippen molar-refractivity contribution in [3.8, 4) is 5.95 Å². The number of carbonyl (C=O) groups is 1. The summed E-state index contributed by atoms with van der Waals surface area (Å²) in [6.07, 6.45) is 1.31. The van der Waals surface area contributed by atoms with E-state index in [4.69, 9.17) is 0 Å². The van der Waals surface area contributed by atoms with Gasteiger partial charge in [0, 0.05) is 6.42 Å².